The van der Waals surface area contributed by atoms with E-state index in [1.165, 1.54) is 11.3 Å². The van der Waals surface area contributed by atoms with E-state index in [0.29, 0.717) is 38.4 Å². The number of pyridine rings is 2. The molecule has 0 saturated heterocycles. The smallest absolute Gasteiger partial charge is 0.259 e. The number of rotatable bonds is 6. The van der Waals surface area contributed by atoms with Gasteiger partial charge in [0.1, 0.15) is 11.5 Å². The lowest BCUT2D eigenvalue weighted by atomic mass is 9.99. The number of anilines is 1. The number of methoxy groups -OCH3 is 2. The van der Waals surface area contributed by atoms with Gasteiger partial charge in [0.15, 0.2) is 10.8 Å². The first-order valence-corrected chi connectivity index (χ1v) is 12.2. The number of hydrogen-bond acceptors (Lipinski definition) is 7. The molecule has 3 aromatic heterocycles. The summed E-state index contributed by atoms with van der Waals surface area (Å²) in [6.07, 6.45) is 3.32. The van der Waals surface area contributed by atoms with Gasteiger partial charge in [-0.15, -0.1) is 0 Å². The fraction of sp³-hybridized carbons (Fsp3) is 0.111. The van der Waals surface area contributed by atoms with Crippen LogP contribution in [0, 0.1) is 6.92 Å². The van der Waals surface area contributed by atoms with Crippen LogP contribution < -0.4 is 14.8 Å². The second-order valence-electron chi connectivity index (χ2n) is 7.96. The molecule has 0 unspecified atom stereocenters. The first kappa shape index (κ1) is 23.7. The summed E-state index contributed by atoms with van der Waals surface area (Å²) in [6, 6.07) is 16.9. The number of carbonyl (C=O) groups is 1. The van der Waals surface area contributed by atoms with Crippen LogP contribution in [-0.4, -0.2) is 35.1 Å². The molecule has 36 heavy (non-hydrogen) atoms. The van der Waals surface area contributed by atoms with Crippen molar-refractivity contribution < 1.29 is 14.3 Å². The fourth-order valence-electron chi connectivity index (χ4n) is 3.82. The van der Waals surface area contributed by atoms with E-state index in [4.69, 9.17) is 21.1 Å². The first-order chi connectivity index (χ1) is 17.4. The summed E-state index contributed by atoms with van der Waals surface area (Å²) >= 11 is 7.36. The minimum atomic E-state index is -0.327. The monoisotopic (exact) mass is 516 g/mol. The minimum absolute atomic E-state index is 0.327. The number of fused-ring (bicyclic) bond motifs is 1. The van der Waals surface area contributed by atoms with Gasteiger partial charge >= 0.3 is 0 Å². The highest BCUT2D eigenvalue weighted by molar-refractivity contribution is 7.22. The normalized spacial score (nSPS) is 10.9. The van der Waals surface area contributed by atoms with Crippen molar-refractivity contribution >= 4 is 44.3 Å². The van der Waals surface area contributed by atoms with Gasteiger partial charge in [-0.3, -0.25) is 15.1 Å². The Morgan fingerprint density at radius 3 is 2.47 bits per heavy atom. The zero-order valence-corrected chi connectivity index (χ0v) is 21.3. The van der Waals surface area contributed by atoms with Crippen molar-refractivity contribution in [3.8, 4) is 33.8 Å². The molecule has 0 spiro atoms. The largest absolute Gasteiger partial charge is 0.497 e. The second-order valence-corrected chi connectivity index (χ2v) is 9.43. The van der Waals surface area contributed by atoms with Gasteiger partial charge in [-0.05, 0) is 48.9 Å². The summed E-state index contributed by atoms with van der Waals surface area (Å²) in [5, 5.41) is 4.03. The Labute approximate surface area is 216 Å². The molecular formula is C27H21ClN4O3S. The molecule has 0 fully saturated rings. The number of hydrogen-bond donors (Lipinski definition) is 1. The third-order valence-electron chi connectivity index (χ3n) is 5.63. The van der Waals surface area contributed by atoms with E-state index in [1.807, 2.05) is 55.5 Å². The van der Waals surface area contributed by atoms with Gasteiger partial charge in [0.25, 0.3) is 5.91 Å². The third kappa shape index (κ3) is 4.73. The SMILES string of the molecule is COc1ccc(-c2cc(C)ncc2C(=O)Nc2nc3ncc(-c4ccc(Cl)cc4)cc3s2)c(OC)c1. The standard InChI is InChI=1S/C27H21ClN4O3S/c1-15-10-21(20-9-8-19(34-2)12-23(20)35-3)22(14-29-15)26(33)32-27-31-25-24(36-27)11-17(13-30-25)16-4-6-18(28)7-5-16/h4-14H,1-3H3,(H,30,31,32,33). The number of nitrogens with one attached hydrogen (secondary N) is 1. The topological polar surface area (TPSA) is 86.2 Å². The Kier molecular flexibility index (Phi) is 6.54. The zero-order chi connectivity index (χ0) is 25.2. The summed E-state index contributed by atoms with van der Waals surface area (Å²) in [4.78, 5) is 26.7. The average Bonchev–Trinajstić information content (AvgIpc) is 3.30. The maximum Gasteiger partial charge on any atom is 0.259 e. The van der Waals surface area contributed by atoms with Gasteiger partial charge in [0, 0.05) is 45.9 Å². The molecule has 0 aliphatic carbocycles. The molecule has 1 amide bonds. The predicted octanol–water partition coefficient (Wildman–Crippen LogP) is 6.65. The molecule has 0 aliphatic rings. The van der Waals surface area contributed by atoms with Gasteiger partial charge < -0.3 is 9.47 Å². The van der Waals surface area contributed by atoms with E-state index in [1.54, 1.807) is 32.7 Å². The number of nitrogens with zero attached hydrogens (tertiary/aromatic N) is 3. The van der Waals surface area contributed by atoms with Crippen LogP contribution in [0.4, 0.5) is 5.13 Å². The maximum atomic E-state index is 13.4. The average molecular weight is 517 g/mol. The molecule has 0 radical (unpaired) electrons. The Hall–Kier alpha value is -4.01. The van der Waals surface area contributed by atoms with Crippen molar-refractivity contribution in [2.24, 2.45) is 0 Å². The number of carbonyl (C=O) groups excluding carboxylic acids is 1. The van der Waals surface area contributed by atoms with Crippen LogP contribution in [0.1, 0.15) is 16.1 Å². The molecule has 3 heterocycles. The number of thiazole rings is 1. The van der Waals surface area contributed by atoms with Crippen molar-refractivity contribution in [1.29, 1.82) is 0 Å². The van der Waals surface area contributed by atoms with Crippen LogP contribution in [0.25, 0.3) is 32.6 Å². The number of benzene rings is 2. The predicted molar refractivity (Wildman–Crippen MR) is 143 cm³/mol. The van der Waals surface area contributed by atoms with Gasteiger partial charge in [0.2, 0.25) is 0 Å². The fourth-order valence-corrected chi connectivity index (χ4v) is 4.81. The van der Waals surface area contributed by atoms with Gasteiger partial charge in [0.05, 0.1) is 24.5 Å². The Bertz CT molecular complexity index is 1580. The summed E-state index contributed by atoms with van der Waals surface area (Å²) in [7, 11) is 3.17. The lowest BCUT2D eigenvalue weighted by molar-refractivity contribution is 0.102. The lowest BCUT2D eigenvalue weighted by Crippen LogP contribution is -2.14. The molecule has 9 heteroatoms. The van der Waals surface area contributed by atoms with Gasteiger partial charge in [-0.1, -0.05) is 35.1 Å². The highest BCUT2D eigenvalue weighted by Crippen LogP contribution is 2.36. The third-order valence-corrected chi connectivity index (χ3v) is 6.79. The molecule has 7 nitrogen and oxygen atoms in total. The van der Waals surface area contributed by atoms with E-state index >= 15 is 0 Å². The van der Waals surface area contributed by atoms with Crippen LogP contribution in [0.3, 0.4) is 0 Å². The number of aryl methyl sites for hydroxylation is 1. The summed E-state index contributed by atoms with van der Waals surface area (Å²) in [5.41, 5.74) is 5.13. The van der Waals surface area contributed by atoms with Crippen molar-refractivity contribution in [3.63, 3.8) is 0 Å². The van der Waals surface area contributed by atoms with Gasteiger partial charge in [-0.2, -0.15) is 4.98 Å². The first-order valence-electron chi connectivity index (χ1n) is 11.0. The highest BCUT2D eigenvalue weighted by atomic mass is 35.5. The van der Waals surface area contributed by atoms with Crippen molar-refractivity contribution in [1.82, 2.24) is 15.0 Å². The van der Waals surface area contributed by atoms with Crippen molar-refractivity contribution in [2.75, 3.05) is 19.5 Å². The minimum Gasteiger partial charge on any atom is -0.497 e. The number of halogens is 1. The zero-order valence-electron chi connectivity index (χ0n) is 19.7. The van der Waals surface area contributed by atoms with E-state index in [0.717, 1.165) is 27.1 Å². The van der Waals surface area contributed by atoms with Crippen LogP contribution in [0.15, 0.2) is 67.0 Å². The van der Waals surface area contributed by atoms with Crippen molar-refractivity contribution in [3.05, 3.63) is 83.3 Å². The number of aromatic nitrogens is 3. The van der Waals surface area contributed by atoms with Gasteiger partial charge in [-0.25, -0.2) is 4.98 Å². The molecule has 5 aromatic rings. The van der Waals surface area contributed by atoms with Crippen LogP contribution in [0.2, 0.25) is 5.02 Å². The summed E-state index contributed by atoms with van der Waals surface area (Å²) in [6.45, 7) is 1.87. The van der Waals surface area contributed by atoms with E-state index in [9.17, 15) is 4.79 Å². The van der Waals surface area contributed by atoms with E-state index in [2.05, 4.69) is 20.3 Å². The quantitative estimate of drug-likeness (QED) is 0.272. The Morgan fingerprint density at radius 2 is 1.72 bits per heavy atom. The maximum absolute atomic E-state index is 13.4. The summed E-state index contributed by atoms with van der Waals surface area (Å²) < 4.78 is 11.7. The van der Waals surface area contributed by atoms with E-state index in [-0.39, 0.29) is 5.91 Å². The molecule has 180 valence electrons. The molecule has 1 N–H and O–H groups in total. The lowest BCUT2D eigenvalue weighted by Gasteiger charge is -2.14. The van der Waals surface area contributed by atoms with E-state index < -0.39 is 0 Å². The van der Waals surface area contributed by atoms with Crippen molar-refractivity contribution in [2.45, 2.75) is 6.92 Å². The highest BCUT2D eigenvalue weighted by Gasteiger charge is 2.19. The van der Waals surface area contributed by atoms with Crippen LogP contribution in [0.5, 0.6) is 11.5 Å². The van der Waals surface area contributed by atoms with Crippen LogP contribution in [-0.2, 0) is 0 Å². The molecule has 5 rings (SSSR count). The number of ether oxygens (including phenoxy) is 2. The van der Waals surface area contributed by atoms with Crippen LogP contribution >= 0.6 is 22.9 Å². The molecule has 2 aromatic carbocycles. The summed E-state index contributed by atoms with van der Waals surface area (Å²) in [5.74, 6) is 0.924. The Morgan fingerprint density at radius 1 is 0.917 bits per heavy atom. The second kappa shape index (κ2) is 9.93. The number of amides is 1. The molecule has 0 aliphatic heterocycles. The molecule has 0 atom stereocenters. The molecule has 0 bridgehead atoms. The molecule has 0 saturated carbocycles. The molecular weight excluding hydrogens is 496 g/mol. The Balaban J connectivity index is 1.47.